The Hall–Kier alpha value is -0.740. The molecule has 0 aliphatic carbocycles. The minimum absolute atomic E-state index is 0.487. The van der Waals surface area contributed by atoms with Crippen LogP contribution in [0.2, 0.25) is 0 Å². The lowest BCUT2D eigenvalue weighted by Gasteiger charge is -2.27. The van der Waals surface area contributed by atoms with Crippen LogP contribution in [0.1, 0.15) is 25.7 Å². The molecular formula is C11H20N2O2. The molecule has 86 valence electrons. The second-order valence-corrected chi connectivity index (χ2v) is 4.12. The van der Waals surface area contributed by atoms with Gasteiger partial charge in [-0.1, -0.05) is 0 Å². The van der Waals surface area contributed by atoms with Gasteiger partial charge >= 0.3 is 0 Å². The number of nitrogens with one attached hydrogen (secondary N) is 1. The van der Waals surface area contributed by atoms with Gasteiger partial charge in [0.05, 0.1) is 19.3 Å². The molecule has 2 aliphatic heterocycles. The molecule has 4 heteroatoms. The summed E-state index contributed by atoms with van der Waals surface area (Å²) in [6.07, 6.45) is 6.81. The van der Waals surface area contributed by atoms with Crippen LogP contribution in [0.4, 0.5) is 0 Å². The summed E-state index contributed by atoms with van der Waals surface area (Å²) in [6, 6.07) is 0.487. The molecule has 0 bridgehead atoms. The molecule has 1 saturated heterocycles. The van der Waals surface area contributed by atoms with Gasteiger partial charge in [-0.25, -0.2) is 5.01 Å². The van der Waals surface area contributed by atoms with E-state index in [2.05, 4.69) is 16.5 Å². The minimum Gasteiger partial charge on any atom is -0.479 e. The molecule has 0 amide bonds. The second-order valence-electron chi connectivity index (χ2n) is 4.12. The lowest BCUT2D eigenvalue weighted by atomic mass is 10.2. The number of rotatable bonds is 4. The number of hydrogen-bond acceptors (Lipinski definition) is 4. The highest BCUT2D eigenvalue weighted by atomic mass is 16.5. The number of hydrogen-bond donors (Lipinski definition) is 1. The average molecular weight is 212 g/mol. The molecule has 15 heavy (non-hydrogen) atoms. The van der Waals surface area contributed by atoms with E-state index in [9.17, 15) is 0 Å². The van der Waals surface area contributed by atoms with Crippen LogP contribution in [0.25, 0.3) is 0 Å². The van der Waals surface area contributed by atoms with Crippen LogP contribution in [0.5, 0.6) is 0 Å². The summed E-state index contributed by atoms with van der Waals surface area (Å²) in [6.45, 7) is 2.70. The fraction of sp³-hybridized carbons (Fsp3) is 0.818. The first-order chi connectivity index (χ1) is 7.40. The van der Waals surface area contributed by atoms with Gasteiger partial charge in [-0.3, -0.25) is 5.43 Å². The largest absolute Gasteiger partial charge is 0.479 e. The van der Waals surface area contributed by atoms with Gasteiger partial charge in [0.1, 0.15) is 0 Å². The highest BCUT2D eigenvalue weighted by Crippen LogP contribution is 2.17. The molecule has 0 aromatic carbocycles. The topological polar surface area (TPSA) is 33.7 Å². The molecular weight excluding hydrogens is 192 g/mol. The van der Waals surface area contributed by atoms with Gasteiger partial charge in [0.2, 0.25) is 0 Å². The van der Waals surface area contributed by atoms with Crippen molar-refractivity contribution in [3.8, 4) is 0 Å². The van der Waals surface area contributed by atoms with Crippen LogP contribution in [0.3, 0.4) is 0 Å². The van der Waals surface area contributed by atoms with Crippen molar-refractivity contribution in [1.29, 1.82) is 0 Å². The summed E-state index contributed by atoms with van der Waals surface area (Å²) in [5.74, 6) is 0.921. The smallest absolute Gasteiger partial charge is 0.197 e. The van der Waals surface area contributed by atoms with Crippen molar-refractivity contribution in [2.45, 2.75) is 31.7 Å². The van der Waals surface area contributed by atoms with E-state index in [-0.39, 0.29) is 0 Å². The molecule has 0 radical (unpaired) electrons. The highest BCUT2D eigenvalue weighted by Gasteiger charge is 2.25. The summed E-state index contributed by atoms with van der Waals surface area (Å²) < 4.78 is 10.7. The predicted octanol–water partition coefficient (Wildman–Crippen LogP) is 1.25. The number of methoxy groups -OCH3 is 1. The molecule has 4 nitrogen and oxygen atoms in total. The Morgan fingerprint density at radius 1 is 1.60 bits per heavy atom. The summed E-state index contributed by atoms with van der Waals surface area (Å²) in [5.41, 5.74) is 3.34. The second kappa shape index (κ2) is 5.37. The number of hydrazine groups is 1. The highest BCUT2D eigenvalue weighted by molar-refractivity contribution is 4.94. The predicted molar refractivity (Wildman–Crippen MR) is 58.0 cm³/mol. The molecule has 0 aromatic heterocycles. The third-order valence-electron chi connectivity index (χ3n) is 2.93. The van der Waals surface area contributed by atoms with Gasteiger partial charge in [-0.15, -0.1) is 0 Å². The maximum atomic E-state index is 5.53. The standard InChI is InChI=1S/C11H20N2O2/c1-14-9-10-5-4-7-13(10)12-11-6-2-3-8-15-11/h6,10,12H,2-5,7-9H2,1H3/t10-/m0/s1. The number of allylic oxidation sites excluding steroid dienone is 1. The first-order valence-corrected chi connectivity index (χ1v) is 5.75. The van der Waals surface area contributed by atoms with Gasteiger partial charge in [0.15, 0.2) is 5.88 Å². The van der Waals surface area contributed by atoms with Gasteiger partial charge in [0, 0.05) is 13.7 Å². The minimum atomic E-state index is 0.487. The SMILES string of the molecule is COC[C@@H]1CCCN1NC1=CCCCO1. The van der Waals surface area contributed by atoms with Crippen molar-refractivity contribution < 1.29 is 9.47 Å². The Balaban J connectivity index is 1.84. The van der Waals surface area contributed by atoms with E-state index in [1.54, 1.807) is 7.11 Å². The molecule has 1 atom stereocenters. The number of ether oxygens (including phenoxy) is 2. The van der Waals surface area contributed by atoms with Crippen LogP contribution in [-0.2, 0) is 9.47 Å². The fourth-order valence-electron chi connectivity index (χ4n) is 2.13. The molecule has 1 N–H and O–H groups in total. The Morgan fingerprint density at radius 3 is 3.27 bits per heavy atom. The van der Waals surface area contributed by atoms with Crippen LogP contribution < -0.4 is 5.43 Å². The van der Waals surface area contributed by atoms with E-state index in [1.165, 1.54) is 12.8 Å². The maximum absolute atomic E-state index is 5.53. The Morgan fingerprint density at radius 2 is 2.53 bits per heavy atom. The van der Waals surface area contributed by atoms with Crippen molar-refractivity contribution in [3.05, 3.63) is 12.0 Å². The fourth-order valence-corrected chi connectivity index (χ4v) is 2.13. The average Bonchev–Trinajstić information content (AvgIpc) is 2.68. The molecule has 2 aliphatic rings. The van der Waals surface area contributed by atoms with E-state index in [1.807, 2.05) is 0 Å². The lowest BCUT2D eigenvalue weighted by molar-refractivity contribution is 0.0581. The van der Waals surface area contributed by atoms with Crippen molar-refractivity contribution in [3.63, 3.8) is 0 Å². The molecule has 0 unspecified atom stereocenters. The monoisotopic (exact) mass is 212 g/mol. The quantitative estimate of drug-likeness (QED) is 0.760. The van der Waals surface area contributed by atoms with Crippen LogP contribution in [0.15, 0.2) is 12.0 Å². The summed E-state index contributed by atoms with van der Waals surface area (Å²) in [5, 5.41) is 2.24. The van der Waals surface area contributed by atoms with E-state index in [0.717, 1.165) is 38.5 Å². The normalized spacial score (nSPS) is 27.3. The summed E-state index contributed by atoms with van der Waals surface area (Å²) in [4.78, 5) is 0. The summed E-state index contributed by atoms with van der Waals surface area (Å²) >= 11 is 0. The van der Waals surface area contributed by atoms with Gasteiger partial charge in [-0.2, -0.15) is 0 Å². The van der Waals surface area contributed by atoms with Crippen molar-refractivity contribution in [2.24, 2.45) is 0 Å². The van der Waals surface area contributed by atoms with Crippen molar-refractivity contribution in [1.82, 2.24) is 10.4 Å². The van der Waals surface area contributed by atoms with Gasteiger partial charge in [-0.05, 0) is 31.8 Å². The lowest BCUT2D eigenvalue weighted by Crippen LogP contribution is -2.43. The van der Waals surface area contributed by atoms with Gasteiger partial charge in [0.25, 0.3) is 0 Å². The Labute approximate surface area is 91.2 Å². The zero-order chi connectivity index (χ0) is 10.5. The Kier molecular flexibility index (Phi) is 3.86. The van der Waals surface area contributed by atoms with Crippen LogP contribution >= 0.6 is 0 Å². The van der Waals surface area contributed by atoms with Gasteiger partial charge < -0.3 is 9.47 Å². The van der Waals surface area contributed by atoms with E-state index >= 15 is 0 Å². The molecule has 2 rings (SSSR count). The zero-order valence-corrected chi connectivity index (χ0v) is 9.37. The van der Waals surface area contributed by atoms with Crippen LogP contribution in [0, 0.1) is 0 Å². The van der Waals surface area contributed by atoms with E-state index in [4.69, 9.17) is 9.47 Å². The van der Waals surface area contributed by atoms with Crippen molar-refractivity contribution >= 4 is 0 Å². The van der Waals surface area contributed by atoms with Crippen LogP contribution in [-0.4, -0.2) is 37.9 Å². The summed E-state index contributed by atoms with van der Waals surface area (Å²) in [7, 11) is 1.76. The first-order valence-electron chi connectivity index (χ1n) is 5.75. The molecule has 0 aromatic rings. The third kappa shape index (κ3) is 2.86. The molecule has 1 fully saturated rings. The number of nitrogens with zero attached hydrogens (tertiary/aromatic N) is 1. The van der Waals surface area contributed by atoms with Crippen molar-refractivity contribution in [2.75, 3.05) is 26.9 Å². The van der Waals surface area contributed by atoms with E-state index < -0.39 is 0 Å². The molecule has 0 spiro atoms. The Bertz CT molecular complexity index is 231. The maximum Gasteiger partial charge on any atom is 0.197 e. The zero-order valence-electron chi connectivity index (χ0n) is 9.37. The van der Waals surface area contributed by atoms with E-state index in [0.29, 0.717) is 6.04 Å². The molecule has 2 heterocycles. The molecule has 0 saturated carbocycles. The first kappa shape index (κ1) is 10.8. The third-order valence-corrected chi connectivity index (χ3v) is 2.93.